The van der Waals surface area contributed by atoms with E-state index in [1.807, 2.05) is 0 Å². The summed E-state index contributed by atoms with van der Waals surface area (Å²) in [6.45, 7) is 11.3. The number of hydrogen-bond donors (Lipinski definition) is 0. The van der Waals surface area contributed by atoms with Gasteiger partial charge in [-0.25, -0.2) is 9.97 Å². The first-order valence-corrected chi connectivity index (χ1v) is 10.7. The highest BCUT2D eigenvalue weighted by molar-refractivity contribution is 6.28. The normalized spacial score (nSPS) is 13.0. The van der Waals surface area contributed by atoms with Gasteiger partial charge in [-0.2, -0.15) is 0 Å². The lowest BCUT2D eigenvalue weighted by molar-refractivity contribution is 0.413. The number of aromatic nitrogens is 3. The van der Waals surface area contributed by atoms with Gasteiger partial charge in [0.15, 0.2) is 0 Å². The second kappa shape index (κ2) is 5.69. The van der Waals surface area contributed by atoms with Crippen LogP contribution in [-0.4, -0.2) is 14.4 Å². The summed E-state index contributed by atoms with van der Waals surface area (Å²) < 4.78 is 2.47. The Balaban J connectivity index is 2.02. The van der Waals surface area contributed by atoms with Crippen molar-refractivity contribution in [2.45, 2.75) is 41.0 Å². The molecule has 0 atom stereocenters. The van der Waals surface area contributed by atoms with Gasteiger partial charge >= 0.3 is 0 Å². The average Bonchev–Trinajstić information content (AvgIpc) is 3.02. The van der Waals surface area contributed by atoms with Crippen molar-refractivity contribution in [3.05, 3.63) is 65.5 Å². The third-order valence-electron chi connectivity index (χ3n) is 6.26. The molecular formula is C27H25N3. The van der Waals surface area contributed by atoms with Crippen LogP contribution in [-0.2, 0) is 6.42 Å². The monoisotopic (exact) mass is 391 g/mol. The van der Waals surface area contributed by atoms with Crippen LogP contribution < -0.4 is 0 Å². The molecule has 3 nitrogen and oxygen atoms in total. The van der Waals surface area contributed by atoms with Crippen molar-refractivity contribution in [3.63, 3.8) is 0 Å². The number of fused-ring (bicyclic) bond motifs is 6. The van der Waals surface area contributed by atoms with E-state index >= 15 is 0 Å². The number of aryl methyl sites for hydroxylation is 2. The van der Waals surface area contributed by atoms with E-state index in [0.717, 1.165) is 17.5 Å². The predicted molar refractivity (Wildman–Crippen MR) is 127 cm³/mol. The smallest absolute Gasteiger partial charge is 0.116 e. The zero-order chi connectivity index (χ0) is 20.8. The molecule has 0 aliphatic rings. The van der Waals surface area contributed by atoms with E-state index in [2.05, 4.69) is 81.5 Å². The Kier molecular flexibility index (Phi) is 3.35. The quantitative estimate of drug-likeness (QED) is 0.223. The standard InChI is InChI=1S/C27H25N3/c1-15-10-16(2)25-19(11-15)24-23-20(28-14-29-24)12-17(13-27(3,4)5)22-18-8-6-7-9-21(18)30(25)26(22)23/h6-12,14H,13H2,1-5H3. The summed E-state index contributed by atoms with van der Waals surface area (Å²) in [6, 6.07) is 15.7. The van der Waals surface area contributed by atoms with Crippen LogP contribution in [0, 0.1) is 19.3 Å². The Morgan fingerprint density at radius 3 is 2.47 bits per heavy atom. The molecule has 6 aromatic rings. The van der Waals surface area contributed by atoms with Crippen molar-refractivity contribution >= 4 is 49.1 Å². The van der Waals surface area contributed by atoms with E-state index in [1.54, 1.807) is 6.33 Å². The lowest BCUT2D eigenvalue weighted by Crippen LogP contribution is -2.10. The van der Waals surface area contributed by atoms with Crippen molar-refractivity contribution in [1.29, 1.82) is 0 Å². The molecule has 30 heavy (non-hydrogen) atoms. The second-order valence-electron chi connectivity index (χ2n) is 9.94. The summed E-state index contributed by atoms with van der Waals surface area (Å²) in [6.07, 6.45) is 2.73. The van der Waals surface area contributed by atoms with Gasteiger partial charge in [0.05, 0.1) is 33.0 Å². The van der Waals surface area contributed by atoms with E-state index in [0.29, 0.717) is 0 Å². The minimum absolute atomic E-state index is 0.189. The van der Waals surface area contributed by atoms with Crippen LogP contribution in [0.2, 0.25) is 0 Å². The maximum atomic E-state index is 4.79. The van der Waals surface area contributed by atoms with Crippen LogP contribution in [0.1, 0.15) is 37.5 Å². The molecule has 0 fully saturated rings. The minimum atomic E-state index is 0.189. The fourth-order valence-electron chi connectivity index (χ4n) is 5.37. The first-order valence-electron chi connectivity index (χ1n) is 10.7. The highest BCUT2D eigenvalue weighted by Gasteiger charge is 2.24. The molecule has 0 bridgehead atoms. The minimum Gasteiger partial charge on any atom is -0.308 e. The SMILES string of the molecule is Cc1cc(C)c2c(c1)c1ncnc3cc(CC(C)(C)C)c4c5ccccc5n2c4c31. The summed E-state index contributed by atoms with van der Waals surface area (Å²) in [7, 11) is 0. The fraction of sp³-hybridized carbons (Fsp3) is 0.259. The molecule has 3 heterocycles. The number of pyridine rings is 1. The van der Waals surface area contributed by atoms with Crippen molar-refractivity contribution in [2.24, 2.45) is 5.41 Å². The third-order valence-corrected chi connectivity index (χ3v) is 6.26. The summed E-state index contributed by atoms with van der Waals surface area (Å²) >= 11 is 0. The van der Waals surface area contributed by atoms with E-state index in [9.17, 15) is 0 Å². The van der Waals surface area contributed by atoms with Gasteiger partial charge in [0.2, 0.25) is 0 Å². The second-order valence-corrected chi connectivity index (χ2v) is 9.94. The largest absolute Gasteiger partial charge is 0.308 e. The zero-order valence-corrected chi connectivity index (χ0v) is 18.2. The Morgan fingerprint density at radius 1 is 0.867 bits per heavy atom. The van der Waals surface area contributed by atoms with Gasteiger partial charge in [0.1, 0.15) is 6.33 Å². The maximum absolute atomic E-state index is 4.79. The summed E-state index contributed by atoms with van der Waals surface area (Å²) in [4.78, 5) is 9.51. The van der Waals surface area contributed by atoms with E-state index < -0.39 is 0 Å². The maximum Gasteiger partial charge on any atom is 0.116 e. The Bertz CT molecular complexity index is 1610. The number of benzene rings is 3. The zero-order valence-electron chi connectivity index (χ0n) is 18.2. The molecule has 3 aromatic carbocycles. The molecule has 0 aliphatic heterocycles. The molecule has 0 saturated heterocycles. The molecule has 0 aliphatic carbocycles. The molecule has 0 N–H and O–H groups in total. The van der Waals surface area contributed by atoms with Crippen LogP contribution in [0.25, 0.3) is 49.1 Å². The summed E-state index contributed by atoms with van der Waals surface area (Å²) in [5, 5.41) is 5.06. The molecule has 0 saturated carbocycles. The van der Waals surface area contributed by atoms with Gasteiger partial charge in [-0.3, -0.25) is 0 Å². The third kappa shape index (κ3) is 2.26. The first kappa shape index (κ1) is 17.6. The highest BCUT2D eigenvalue weighted by Crippen LogP contribution is 2.43. The van der Waals surface area contributed by atoms with Gasteiger partial charge < -0.3 is 4.40 Å². The van der Waals surface area contributed by atoms with Crippen LogP contribution in [0.15, 0.2) is 48.8 Å². The summed E-state index contributed by atoms with van der Waals surface area (Å²) in [5.74, 6) is 0. The Hall–Kier alpha value is -3.20. The molecule has 148 valence electrons. The van der Waals surface area contributed by atoms with Crippen LogP contribution in [0.5, 0.6) is 0 Å². The van der Waals surface area contributed by atoms with Gasteiger partial charge in [-0.15, -0.1) is 0 Å². The number of nitrogens with zero attached hydrogens (tertiary/aromatic N) is 3. The molecule has 6 rings (SSSR count). The number of hydrogen-bond acceptors (Lipinski definition) is 2. The average molecular weight is 392 g/mol. The molecular weight excluding hydrogens is 366 g/mol. The van der Waals surface area contributed by atoms with E-state index in [-0.39, 0.29) is 5.41 Å². The number of rotatable bonds is 1. The molecule has 0 spiro atoms. The number of para-hydroxylation sites is 1. The molecule has 3 heteroatoms. The van der Waals surface area contributed by atoms with E-state index in [1.165, 1.54) is 54.8 Å². The van der Waals surface area contributed by atoms with Gasteiger partial charge in [0.25, 0.3) is 0 Å². The van der Waals surface area contributed by atoms with Crippen molar-refractivity contribution < 1.29 is 0 Å². The van der Waals surface area contributed by atoms with Gasteiger partial charge in [-0.1, -0.05) is 50.6 Å². The highest BCUT2D eigenvalue weighted by atomic mass is 14.9. The molecule has 0 radical (unpaired) electrons. The lowest BCUT2D eigenvalue weighted by atomic mass is 9.85. The molecule has 0 unspecified atom stereocenters. The molecule has 0 amide bonds. The predicted octanol–water partition coefficient (Wildman–Crippen LogP) is 6.99. The molecule has 3 aromatic heterocycles. The van der Waals surface area contributed by atoms with Crippen LogP contribution in [0.3, 0.4) is 0 Å². The Morgan fingerprint density at radius 2 is 1.67 bits per heavy atom. The first-order chi connectivity index (χ1) is 14.3. The van der Waals surface area contributed by atoms with Gasteiger partial charge in [-0.05, 0) is 55.0 Å². The fourth-order valence-corrected chi connectivity index (χ4v) is 5.37. The van der Waals surface area contributed by atoms with Crippen molar-refractivity contribution in [3.8, 4) is 0 Å². The van der Waals surface area contributed by atoms with Gasteiger partial charge in [0, 0.05) is 16.2 Å². The van der Waals surface area contributed by atoms with Crippen molar-refractivity contribution in [1.82, 2.24) is 14.4 Å². The Labute approximate surface area is 175 Å². The topological polar surface area (TPSA) is 30.2 Å². The lowest BCUT2D eigenvalue weighted by Gasteiger charge is -2.20. The summed E-state index contributed by atoms with van der Waals surface area (Å²) in [5.41, 5.74) is 10.00. The van der Waals surface area contributed by atoms with Crippen LogP contribution >= 0.6 is 0 Å². The van der Waals surface area contributed by atoms with Crippen molar-refractivity contribution in [2.75, 3.05) is 0 Å². The van der Waals surface area contributed by atoms with E-state index in [4.69, 9.17) is 9.97 Å². The van der Waals surface area contributed by atoms with Crippen LogP contribution in [0.4, 0.5) is 0 Å².